The molecule has 0 radical (unpaired) electrons. The van der Waals surface area contributed by atoms with Gasteiger partial charge in [0, 0.05) is 0 Å². The summed E-state index contributed by atoms with van der Waals surface area (Å²) in [6, 6.07) is 13.7. The van der Waals surface area contributed by atoms with Gasteiger partial charge in [-0.3, -0.25) is 0 Å². The predicted octanol–water partition coefficient (Wildman–Crippen LogP) is 3.68. The third-order valence-corrected chi connectivity index (χ3v) is 2.50. The Balaban J connectivity index is 2.31. The summed E-state index contributed by atoms with van der Waals surface area (Å²) < 4.78 is 5.75. The second-order valence-corrected chi connectivity index (χ2v) is 3.91. The molecule has 2 aromatic carbocycles. The molecule has 0 fully saturated rings. The van der Waals surface area contributed by atoms with E-state index >= 15 is 0 Å². The average Bonchev–Trinajstić information content (AvgIpc) is 2.25. The highest BCUT2D eigenvalue weighted by Crippen LogP contribution is 2.29. The summed E-state index contributed by atoms with van der Waals surface area (Å²) in [7, 11) is 0. The van der Waals surface area contributed by atoms with Gasteiger partial charge >= 0.3 is 0 Å². The molecule has 82 valence electrons. The maximum atomic E-state index is 5.94. The molecule has 0 spiro atoms. The van der Waals surface area contributed by atoms with Crippen molar-refractivity contribution in [3.63, 3.8) is 0 Å². The van der Waals surface area contributed by atoms with E-state index in [1.807, 2.05) is 56.3 Å². The number of rotatable bonds is 2. The Labute approximate surface area is 95.7 Å². The number of aryl methyl sites for hydroxylation is 2. The van der Waals surface area contributed by atoms with Crippen LogP contribution in [0.3, 0.4) is 0 Å². The van der Waals surface area contributed by atoms with Gasteiger partial charge in [0.15, 0.2) is 5.75 Å². The normalized spacial score (nSPS) is 10.1. The Morgan fingerprint density at radius 1 is 1.00 bits per heavy atom. The molecule has 0 heterocycles. The van der Waals surface area contributed by atoms with Crippen LogP contribution in [0.25, 0.3) is 0 Å². The lowest BCUT2D eigenvalue weighted by Crippen LogP contribution is -1.94. The maximum absolute atomic E-state index is 5.94. The number of nitrogens with two attached hydrogens (primary N) is 1. The van der Waals surface area contributed by atoms with E-state index in [2.05, 4.69) is 0 Å². The molecule has 0 saturated carbocycles. The van der Waals surface area contributed by atoms with Crippen LogP contribution in [-0.4, -0.2) is 0 Å². The fourth-order valence-corrected chi connectivity index (χ4v) is 1.55. The van der Waals surface area contributed by atoms with Crippen molar-refractivity contribution in [1.82, 2.24) is 0 Å². The average molecular weight is 213 g/mol. The van der Waals surface area contributed by atoms with E-state index in [-0.39, 0.29) is 0 Å². The molecule has 2 rings (SSSR count). The minimum Gasteiger partial charge on any atom is -0.455 e. The Hall–Kier alpha value is -1.96. The molecule has 0 saturated heterocycles. The van der Waals surface area contributed by atoms with E-state index in [1.165, 1.54) is 5.56 Å². The first-order valence-corrected chi connectivity index (χ1v) is 5.26. The lowest BCUT2D eigenvalue weighted by Gasteiger charge is -2.10. The second-order valence-electron chi connectivity index (χ2n) is 3.91. The molecule has 2 aromatic rings. The zero-order valence-electron chi connectivity index (χ0n) is 9.53. The fourth-order valence-electron chi connectivity index (χ4n) is 1.55. The van der Waals surface area contributed by atoms with Gasteiger partial charge < -0.3 is 10.5 Å². The summed E-state index contributed by atoms with van der Waals surface area (Å²) >= 11 is 0. The highest BCUT2D eigenvalue weighted by molar-refractivity contribution is 5.59. The number of nitrogen functional groups attached to an aromatic ring is 1. The number of ether oxygens (including phenoxy) is 1. The molecule has 0 aliphatic rings. The van der Waals surface area contributed by atoms with E-state index < -0.39 is 0 Å². The molecule has 0 bridgehead atoms. The summed E-state index contributed by atoms with van der Waals surface area (Å²) in [6.45, 7) is 4.00. The fraction of sp³-hybridized carbons (Fsp3) is 0.143. The monoisotopic (exact) mass is 213 g/mol. The third kappa shape index (κ3) is 2.16. The van der Waals surface area contributed by atoms with Crippen molar-refractivity contribution in [3.8, 4) is 11.5 Å². The lowest BCUT2D eigenvalue weighted by atomic mass is 10.2. The van der Waals surface area contributed by atoms with Crippen molar-refractivity contribution < 1.29 is 4.74 Å². The van der Waals surface area contributed by atoms with Gasteiger partial charge in [-0.2, -0.15) is 0 Å². The largest absolute Gasteiger partial charge is 0.455 e. The number of benzene rings is 2. The predicted molar refractivity (Wildman–Crippen MR) is 66.8 cm³/mol. The molecule has 0 amide bonds. The molecule has 2 N–H and O–H groups in total. The van der Waals surface area contributed by atoms with Gasteiger partial charge in [0.2, 0.25) is 0 Å². The Morgan fingerprint density at radius 2 is 1.75 bits per heavy atom. The zero-order chi connectivity index (χ0) is 11.5. The smallest absolute Gasteiger partial charge is 0.150 e. The molecule has 0 aliphatic carbocycles. The van der Waals surface area contributed by atoms with Gasteiger partial charge in [0.1, 0.15) is 5.75 Å². The van der Waals surface area contributed by atoms with Crippen LogP contribution in [0.5, 0.6) is 11.5 Å². The van der Waals surface area contributed by atoms with Crippen molar-refractivity contribution in [2.75, 3.05) is 5.73 Å². The first-order chi connectivity index (χ1) is 7.66. The molecule has 2 nitrogen and oxygen atoms in total. The molecule has 0 aliphatic heterocycles. The van der Waals surface area contributed by atoms with Crippen molar-refractivity contribution in [2.24, 2.45) is 0 Å². The maximum Gasteiger partial charge on any atom is 0.150 e. The molecule has 0 aromatic heterocycles. The molecular weight excluding hydrogens is 198 g/mol. The zero-order valence-corrected chi connectivity index (χ0v) is 9.53. The van der Waals surface area contributed by atoms with Gasteiger partial charge in [-0.15, -0.1) is 0 Å². The minimum atomic E-state index is 0.698. The number of hydrogen-bond donors (Lipinski definition) is 1. The molecule has 2 heteroatoms. The summed E-state index contributed by atoms with van der Waals surface area (Å²) in [5, 5.41) is 0. The van der Waals surface area contributed by atoms with Crippen LogP contribution >= 0.6 is 0 Å². The van der Waals surface area contributed by atoms with E-state index in [9.17, 15) is 0 Å². The molecule has 0 atom stereocenters. The number of hydrogen-bond acceptors (Lipinski definition) is 2. The summed E-state index contributed by atoms with van der Waals surface area (Å²) in [5.74, 6) is 1.53. The highest BCUT2D eigenvalue weighted by atomic mass is 16.5. The van der Waals surface area contributed by atoms with Gasteiger partial charge in [-0.25, -0.2) is 0 Å². The van der Waals surface area contributed by atoms with E-state index in [0.29, 0.717) is 11.4 Å². The molecule has 16 heavy (non-hydrogen) atoms. The first kappa shape index (κ1) is 10.6. The quantitative estimate of drug-likeness (QED) is 0.772. The van der Waals surface area contributed by atoms with Gasteiger partial charge in [-0.05, 0) is 43.2 Å². The van der Waals surface area contributed by atoms with Gasteiger partial charge in [0.25, 0.3) is 0 Å². The van der Waals surface area contributed by atoms with Crippen molar-refractivity contribution in [1.29, 1.82) is 0 Å². The van der Waals surface area contributed by atoms with E-state index in [4.69, 9.17) is 10.5 Å². The topological polar surface area (TPSA) is 35.2 Å². The summed E-state index contributed by atoms with van der Waals surface area (Å²) in [4.78, 5) is 0. The Kier molecular flexibility index (Phi) is 2.82. The van der Waals surface area contributed by atoms with Gasteiger partial charge in [-0.1, -0.05) is 24.3 Å². The van der Waals surface area contributed by atoms with Crippen molar-refractivity contribution in [3.05, 3.63) is 53.6 Å². The van der Waals surface area contributed by atoms with Crippen LogP contribution < -0.4 is 10.5 Å². The van der Waals surface area contributed by atoms with Crippen LogP contribution in [0.2, 0.25) is 0 Å². The molecule has 0 unspecified atom stereocenters. The minimum absolute atomic E-state index is 0.698. The lowest BCUT2D eigenvalue weighted by molar-refractivity contribution is 0.484. The van der Waals surface area contributed by atoms with E-state index in [0.717, 1.165) is 11.3 Å². The highest BCUT2D eigenvalue weighted by Gasteiger charge is 2.03. The van der Waals surface area contributed by atoms with Crippen LogP contribution in [-0.2, 0) is 0 Å². The first-order valence-electron chi connectivity index (χ1n) is 5.26. The Bertz CT molecular complexity index is 506. The van der Waals surface area contributed by atoms with Crippen molar-refractivity contribution >= 4 is 5.69 Å². The number of para-hydroxylation sites is 1. The van der Waals surface area contributed by atoms with Crippen LogP contribution in [0.4, 0.5) is 5.69 Å². The Morgan fingerprint density at radius 3 is 2.50 bits per heavy atom. The SMILES string of the molecule is Cc1cccc(Oc2cccc(C)c2N)c1. The third-order valence-electron chi connectivity index (χ3n) is 2.50. The number of anilines is 1. The standard InChI is InChI=1S/C14H15NO/c1-10-5-3-7-12(9-10)16-13-8-4-6-11(2)14(13)15/h3-9H,15H2,1-2H3. The van der Waals surface area contributed by atoms with Crippen LogP contribution in [0.1, 0.15) is 11.1 Å². The molecular formula is C14H15NO. The summed E-state index contributed by atoms with van der Waals surface area (Å²) in [5.41, 5.74) is 8.84. The summed E-state index contributed by atoms with van der Waals surface area (Å²) in [6.07, 6.45) is 0. The van der Waals surface area contributed by atoms with Crippen LogP contribution in [0, 0.1) is 13.8 Å². The van der Waals surface area contributed by atoms with Crippen molar-refractivity contribution in [2.45, 2.75) is 13.8 Å². The van der Waals surface area contributed by atoms with Crippen LogP contribution in [0.15, 0.2) is 42.5 Å². The van der Waals surface area contributed by atoms with E-state index in [1.54, 1.807) is 0 Å². The van der Waals surface area contributed by atoms with Gasteiger partial charge in [0.05, 0.1) is 5.69 Å². The second kappa shape index (κ2) is 4.27.